The van der Waals surface area contributed by atoms with Gasteiger partial charge in [-0.05, 0) is 62.5 Å². The van der Waals surface area contributed by atoms with Gasteiger partial charge in [0.2, 0.25) is 0 Å². The Morgan fingerprint density at radius 1 is 1.23 bits per heavy atom. The quantitative estimate of drug-likeness (QED) is 0.750. The van der Waals surface area contributed by atoms with Gasteiger partial charge >= 0.3 is 0 Å². The van der Waals surface area contributed by atoms with E-state index in [9.17, 15) is 14.4 Å². The third-order valence-corrected chi connectivity index (χ3v) is 6.43. The molecule has 7 nitrogen and oxygen atoms in total. The van der Waals surface area contributed by atoms with Crippen LogP contribution in [0.1, 0.15) is 66.4 Å². The molecule has 2 amide bonds. The van der Waals surface area contributed by atoms with E-state index in [1.165, 1.54) is 23.0 Å². The van der Waals surface area contributed by atoms with Crippen LogP contribution in [-0.2, 0) is 29.5 Å². The second kappa shape index (κ2) is 9.16. The van der Waals surface area contributed by atoms with Gasteiger partial charge in [-0.25, -0.2) is 0 Å². The number of carbonyl (C=O) groups excluding carboxylic acids is 2. The van der Waals surface area contributed by atoms with Gasteiger partial charge in [0.15, 0.2) is 0 Å². The van der Waals surface area contributed by atoms with Crippen LogP contribution in [0.25, 0.3) is 0 Å². The van der Waals surface area contributed by atoms with Crippen molar-refractivity contribution in [2.24, 2.45) is 7.05 Å². The fourth-order valence-electron chi connectivity index (χ4n) is 4.74. The number of nitrogens with zero attached hydrogens (tertiary/aromatic N) is 2. The molecule has 1 fully saturated rings. The minimum absolute atomic E-state index is 0.0127. The molecule has 162 valence electrons. The highest BCUT2D eigenvalue weighted by molar-refractivity contribution is 5.95. The van der Waals surface area contributed by atoms with E-state index >= 15 is 0 Å². The van der Waals surface area contributed by atoms with E-state index < -0.39 is 0 Å². The molecular formula is C23H31N3O4. The minimum atomic E-state index is -0.351. The van der Waals surface area contributed by atoms with Crippen molar-refractivity contribution in [1.82, 2.24) is 14.8 Å². The number of allylic oxidation sites excluding steroid dienone is 1. The average molecular weight is 414 g/mol. The molecule has 4 rings (SSSR count). The molecule has 1 unspecified atom stereocenters. The molecule has 1 aromatic rings. The molecule has 2 aliphatic heterocycles. The van der Waals surface area contributed by atoms with Crippen LogP contribution in [-0.4, -0.2) is 47.1 Å². The molecule has 1 N–H and O–H groups in total. The van der Waals surface area contributed by atoms with E-state index in [4.69, 9.17) is 4.74 Å². The van der Waals surface area contributed by atoms with Crippen LogP contribution in [0.2, 0.25) is 0 Å². The molecule has 1 atom stereocenters. The standard InChI is InChI=1S/C23H31N3O4/c1-25-14-17-15-26(22(28)19-8-5-13-30-19)12-10-18(17)20(23(25)29)21(27)24-11-9-16-6-3-2-4-7-16/h6,14,19H,2-5,7-13,15H2,1H3,(H,24,27). The molecule has 3 heterocycles. The van der Waals surface area contributed by atoms with Crippen LogP contribution >= 0.6 is 0 Å². The van der Waals surface area contributed by atoms with E-state index in [0.29, 0.717) is 32.7 Å². The van der Waals surface area contributed by atoms with Gasteiger partial charge in [0, 0.05) is 39.5 Å². The number of rotatable bonds is 5. The fraction of sp³-hybridized carbons (Fsp3) is 0.609. The van der Waals surface area contributed by atoms with Gasteiger partial charge in [-0.1, -0.05) is 11.6 Å². The molecule has 3 aliphatic rings. The van der Waals surface area contributed by atoms with Crippen molar-refractivity contribution < 1.29 is 14.3 Å². The van der Waals surface area contributed by atoms with E-state index in [-0.39, 0.29) is 29.0 Å². The summed E-state index contributed by atoms with van der Waals surface area (Å²) in [4.78, 5) is 40.2. The molecule has 0 bridgehead atoms. The Balaban J connectivity index is 1.47. The smallest absolute Gasteiger partial charge is 0.263 e. The molecule has 0 radical (unpaired) electrons. The minimum Gasteiger partial charge on any atom is -0.368 e. The normalized spacial score (nSPS) is 21.2. The number of amides is 2. The van der Waals surface area contributed by atoms with Gasteiger partial charge in [-0.2, -0.15) is 0 Å². The summed E-state index contributed by atoms with van der Waals surface area (Å²) < 4.78 is 7.00. The first-order valence-electron chi connectivity index (χ1n) is 11.1. The second-order valence-corrected chi connectivity index (χ2v) is 8.55. The number of pyridine rings is 1. The summed E-state index contributed by atoms with van der Waals surface area (Å²) in [6.07, 6.45) is 11.4. The number of carbonyl (C=O) groups is 2. The lowest BCUT2D eigenvalue weighted by Crippen LogP contribution is -2.44. The Morgan fingerprint density at radius 3 is 2.83 bits per heavy atom. The highest BCUT2D eigenvalue weighted by Gasteiger charge is 2.32. The third-order valence-electron chi connectivity index (χ3n) is 6.43. The molecule has 30 heavy (non-hydrogen) atoms. The van der Waals surface area contributed by atoms with Gasteiger partial charge in [0.25, 0.3) is 17.4 Å². The molecule has 1 saturated heterocycles. The van der Waals surface area contributed by atoms with Crippen molar-refractivity contribution in [2.45, 2.75) is 64.0 Å². The summed E-state index contributed by atoms with van der Waals surface area (Å²) in [5, 5.41) is 2.95. The zero-order valence-electron chi connectivity index (χ0n) is 17.7. The Labute approximate surface area is 177 Å². The first-order valence-corrected chi connectivity index (χ1v) is 11.1. The van der Waals surface area contributed by atoms with Crippen molar-refractivity contribution in [3.8, 4) is 0 Å². The maximum atomic E-state index is 12.9. The first-order chi connectivity index (χ1) is 14.5. The van der Waals surface area contributed by atoms with E-state index in [1.807, 2.05) is 0 Å². The summed E-state index contributed by atoms with van der Waals surface area (Å²) in [6, 6.07) is 0. The lowest BCUT2D eigenvalue weighted by molar-refractivity contribution is -0.141. The van der Waals surface area contributed by atoms with Crippen molar-refractivity contribution in [2.75, 3.05) is 19.7 Å². The predicted octanol–water partition coefficient (Wildman–Crippen LogP) is 2.07. The van der Waals surface area contributed by atoms with Crippen LogP contribution < -0.4 is 10.9 Å². The number of ether oxygens (including phenoxy) is 1. The van der Waals surface area contributed by atoms with Crippen LogP contribution in [0.4, 0.5) is 0 Å². The summed E-state index contributed by atoms with van der Waals surface area (Å²) in [6.45, 7) is 2.10. The maximum Gasteiger partial charge on any atom is 0.263 e. The van der Waals surface area contributed by atoms with Gasteiger partial charge in [-0.15, -0.1) is 0 Å². The summed E-state index contributed by atoms with van der Waals surface area (Å²) in [5.74, 6) is -0.290. The second-order valence-electron chi connectivity index (χ2n) is 8.55. The van der Waals surface area contributed by atoms with E-state index in [1.54, 1.807) is 18.1 Å². The van der Waals surface area contributed by atoms with Gasteiger partial charge in [0.1, 0.15) is 11.7 Å². The average Bonchev–Trinajstić information content (AvgIpc) is 3.29. The highest BCUT2D eigenvalue weighted by atomic mass is 16.5. The number of nitrogens with one attached hydrogen (secondary N) is 1. The molecule has 1 aromatic heterocycles. The number of aryl methyl sites for hydroxylation is 1. The topological polar surface area (TPSA) is 80.6 Å². The molecule has 7 heteroatoms. The van der Waals surface area contributed by atoms with Crippen molar-refractivity contribution in [1.29, 1.82) is 0 Å². The van der Waals surface area contributed by atoms with Crippen molar-refractivity contribution in [3.63, 3.8) is 0 Å². The Kier molecular flexibility index (Phi) is 6.37. The number of hydrogen-bond acceptors (Lipinski definition) is 4. The maximum absolute atomic E-state index is 12.9. The zero-order chi connectivity index (χ0) is 21.1. The Morgan fingerprint density at radius 2 is 2.10 bits per heavy atom. The molecule has 0 saturated carbocycles. The fourth-order valence-corrected chi connectivity index (χ4v) is 4.74. The van der Waals surface area contributed by atoms with Crippen molar-refractivity contribution >= 4 is 11.8 Å². The first kappa shape index (κ1) is 20.8. The Hall–Kier alpha value is -2.41. The van der Waals surface area contributed by atoms with Crippen LogP contribution in [0.15, 0.2) is 22.6 Å². The Bertz CT molecular complexity index is 912. The SMILES string of the molecule is Cn1cc2c(c(C(=O)NCCC3=CCCCC3)c1=O)CCN(C(=O)C1CCCO1)C2. The van der Waals surface area contributed by atoms with Gasteiger partial charge in [0.05, 0.1) is 0 Å². The summed E-state index contributed by atoms with van der Waals surface area (Å²) in [5.41, 5.74) is 3.01. The van der Waals surface area contributed by atoms with Crippen molar-refractivity contribution in [3.05, 3.63) is 44.9 Å². The number of fused-ring (bicyclic) bond motifs is 1. The monoisotopic (exact) mass is 413 g/mol. The zero-order valence-corrected chi connectivity index (χ0v) is 17.7. The number of aromatic nitrogens is 1. The predicted molar refractivity (Wildman–Crippen MR) is 113 cm³/mol. The van der Waals surface area contributed by atoms with E-state index in [2.05, 4.69) is 11.4 Å². The van der Waals surface area contributed by atoms with Gasteiger partial charge in [-0.3, -0.25) is 14.4 Å². The summed E-state index contributed by atoms with van der Waals surface area (Å²) >= 11 is 0. The van der Waals surface area contributed by atoms with Gasteiger partial charge < -0.3 is 19.5 Å². The largest absolute Gasteiger partial charge is 0.368 e. The van der Waals surface area contributed by atoms with Crippen LogP contribution in [0, 0.1) is 0 Å². The molecular weight excluding hydrogens is 382 g/mol. The molecule has 1 aliphatic carbocycles. The summed E-state index contributed by atoms with van der Waals surface area (Å²) in [7, 11) is 1.66. The lowest BCUT2D eigenvalue weighted by atomic mass is 9.95. The highest BCUT2D eigenvalue weighted by Crippen LogP contribution is 2.24. The number of hydrogen-bond donors (Lipinski definition) is 1. The van der Waals surface area contributed by atoms with Crippen LogP contribution in [0.5, 0.6) is 0 Å². The third kappa shape index (κ3) is 4.36. The van der Waals surface area contributed by atoms with E-state index in [0.717, 1.165) is 43.2 Å². The molecule has 0 spiro atoms. The molecule has 0 aromatic carbocycles. The lowest BCUT2D eigenvalue weighted by Gasteiger charge is -2.31. The van der Waals surface area contributed by atoms with Crippen LogP contribution in [0.3, 0.4) is 0 Å².